The quantitative estimate of drug-likeness (QED) is 0.863. The van der Waals surface area contributed by atoms with Gasteiger partial charge in [-0.25, -0.2) is 4.79 Å². The van der Waals surface area contributed by atoms with Gasteiger partial charge >= 0.3 is 6.03 Å². The molecule has 2 heterocycles. The van der Waals surface area contributed by atoms with Gasteiger partial charge in [0.2, 0.25) is 0 Å². The molecule has 0 spiro atoms. The summed E-state index contributed by atoms with van der Waals surface area (Å²) >= 11 is 0. The average molecular weight is 296 g/mol. The minimum absolute atomic E-state index is 0.0686. The lowest BCUT2D eigenvalue weighted by molar-refractivity contribution is -0.0163. The summed E-state index contributed by atoms with van der Waals surface area (Å²) in [5, 5.41) is 9.32. The van der Waals surface area contributed by atoms with E-state index >= 15 is 0 Å². The predicted molar refractivity (Wildman–Crippen MR) is 79.3 cm³/mol. The molecule has 2 amide bonds. The molecule has 1 aromatic rings. The lowest BCUT2D eigenvalue weighted by Crippen LogP contribution is -2.57. The number of morpholine rings is 1. The van der Waals surface area contributed by atoms with E-state index in [1.807, 2.05) is 0 Å². The summed E-state index contributed by atoms with van der Waals surface area (Å²) in [4.78, 5) is 14.3. The third kappa shape index (κ3) is 4.18. The van der Waals surface area contributed by atoms with Crippen LogP contribution >= 0.6 is 0 Å². The molecule has 0 saturated carbocycles. The van der Waals surface area contributed by atoms with Gasteiger partial charge in [0.1, 0.15) is 5.76 Å². The van der Waals surface area contributed by atoms with E-state index < -0.39 is 0 Å². The van der Waals surface area contributed by atoms with Gasteiger partial charge < -0.3 is 14.6 Å². The molecule has 1 atom stereocenters. The van der Waals surface area contributed by atoms with E-state index in [2.05, 4.69) is 34.5 Å². The Kier molecular flexibility index (Phi) is 5.19. The van der Waals surface area contributed by atoms with E-state index in [0.29, 0.717) is 18.1 Å². The fourth-order valence-electron chi connectivity index (χ4n) is 2.42. The first kappa shape index (κ1) is 15.8. The summed E-state index contributed by atoms with van der Waals surface area (Å²) in [6.45, 7) is 9.95. The smallest absolute Gasteiger partial charge is 0.320 e. The Bertz CT molecular complexity index is 471. The molecular formula is C14H24N4O3. The van der Waals surface area contributed by atoms with Crippen molar-refractivity contribution in [1.29, 1.82) is 0 Å². The number of hydrogen-bond donors (Lipinski definition) is 2. The van der Waals surface area contributed by atoms with Gasteiger partial charge in [-0.15, -0.1) is 0 Å². The topological polar surface area (TPSA) is 79.6 Å². The molecule has 21 heavy (non-hydrogen) atoms. The van der Waals surface area contributed by atoms with Crippen LogP contribution in [0.2, 0.25) is 0 Å². The van der Waals surface area contributed by atoms with Gasteiger partial charge in [-0.2, -0.15) is 0 Å². The molecule has 7 heteroatoms. The Hall–Kier alpha value is -1.60. The van der Waals surface area contributed by atoms with Crippen molar-refractivity contribution in [2.24, 2.45) is 0 Å². The van der Waals surface area contributed by atoms with Crippen LogP contribution in [-0.4, -0.2) is 54.5 Å². The first-order chi connectivity index (χ1) is 10.0. The molecule has 0 radical (unpaired) electrons. The molecule has 2 N–H and O–H groups in total. The first-order valence-corrected chi connectivity index (χ1v) is 7.34. The number of anilines is 1. The molecular weight excluding hydrogens is 272 g/mol. The highest BCUT2D eigenvalue weighted by molar-refractivity contribution is 5.88. The van der Waals surface area contributed by atoms with Crippen LogP contribution in [0.4, 0.5) is 10.6 Å². The van der Waals surface area contributed by atoms with E-state index in [9.17, 15) is 4.79 Å². The maximum absolute atomic E-state index is 11.9. The first-order valence-electron chi connectivity index (χ1n) is 7.34. The molecule has 0 unspecified atom stereocenters. The summed E-state index contributed by atoms with van der Waals surface area (Å²) < 4.78 is 10.3. The van der Waals surface area contributed by atoms with Crippen LogP contribution in [0.3, 0.4) is 0 Å². The Labute approximate surface area is 125 Å². The highest BCUT2D eigenvalue weighted by Crippen LogP contribution is 2.20. The molecule has 118 valence electrons. The molecule has 0 aromatic carbocycles. The van der Waals surface area contributed by atoms with E-state index in [1.165, 1.54) is 0 Å². The minimum Gasteiger partial charge on any atom is -0.379 e. The van der Waals surface area contributed by atoms with Gasteiger partial charge in [-0.05, 0) is 20.3 Å². The number of ether oxygens (including phenoxy) is 1. The van der Waals surface area contributed by atoms with Crippen molar-refractivity contribution in [3.63, 3.8) is 0 Å². The molecule has 0 bridgehead atoms. The number of nitrogens with one attached hydrogen (secondary N) is 2. The third-order valence-corrected chi connectivity index (χ3v) is 4.04. The standard InChI is InChI=1S/C14H24N4O3/c1-4-14(3,18-5-7-20-8-6-18)10-15-13(19)16-12-9-11(2)21-17-12/h9H,4-8,10H2,1-3H3,(H2,15,16,17,19)/t14-/m0/s1. The van der Waals surface area contributed by atoms with Crippen LogP contribution in [0.1, 0.15) is 26.0 Å². The minimum atomic E-state index is -0.267. The number of rotatable bonds is 5. The molecule has 7 nitrogen and oxygen atoms in total. The van der Waals surface area contributed by atoms with Crippen LogP contribution in [0, 0.1) is 6.92 Å². The number of aromatic nitrogens is 1. The average Bonchev–Trinajstić information content (AvgIpc) is 2.91. The Balaban J connectivity index is 1.85. The molecule has 1 fully saturated rings. The molecule has 0 aliphatic carbocycles. The van der Waals surface area contributed by atoms with E-state index in [4.69, 9.17) is 9.26 Å². The zero-order chi connectivity index (χ0) is 15.3. The van der Waals surface area contributed by atoms with E-state index in [0.717, 1.165) is 32.7 Å². The SMILES string of the molecule is CC[C@@](C)(CNC(=O)Nc1cc(C)on1)N1CCOCC1. The number of amides is 2. The second kappa shape index (κ2) is 6.91. The monoisotopic (exact) mass is 296 g/mol. The van der Waals surface area contributed by atoms with Gasteiger partial charge in [0, 0.05) is 31.2 Å². The zero-order valence-electron chi connectivity index (χ0n) is 12.9. The number of carbonyl (C=O) groups excluding carboxylic acids is 1. The number of aryl methyl sites for hydroxylation is 1. The summed E-state index contributed by atoms with van der Waals surface area (Å²) in [5.74, 6) is 1.09. The predicted octanol–water partition coefficient (Wildman–Crippen LogP) is 1.61. The fourth-order valence-corrected chi connectivity index (χ4v) is 2.42. The maximum Gasteiger partial charge on any atom is 0.320 e. The van der Waals surface area contributed by atoms with Crippen LogP contribution in [-0.2, 0) is 4.74 Å². The lowest BCUT2D eigenvalue weighted by atomic mass is 9.95. The van der Waals surface area contributed by atoms with Crippen LogP contribution < -0.4 is 10.6 Å². The molecule has 1 aromatic heterocycles. The van der Waals surface area contributed by atoms with Gasteiger partial charge in [0.15, 0.2) is 5.82 Å². The molecule has 1 aliphatic rings. The van der Waals surface area contributed by atoms with Crippen molar-refractivity contribution in [2.75, 3.05) is 38.2 Å². The highest BCUT2D eigenvalue weighted by Gasteiger charge is 2.31. The zero-order valence-corrected chi connectivity index (χ0v) is 12.9. The van der Waals surface area contributed by atoms with Crippen molar-refractivity contribution in [1.82, 2.24) is 15.4 Å². The van der Waals surface area contributed by atoms with Gasteiger partial charge in [-0.3, -0.25) is 10.2 Å². The largest absolute Gasteiger partial charge is 0.379 e. The molecule has 1 saturated heterocycles. The van der Waals surface area contributed by atoms with Gasteiger partial charge in [0.25, 0.3) is 0 Å². The third-order valence-electron chi connectivity index (χ3n) is 4.04. The highest BCUT2D eigenvalue weighted by atomic mass is 16.5. The second-order valence-corrected chi connectivity index (χ2v) is 5.58. The van der Waals surface area contributed by atoms with Crippen LogP contribution in [0.15, 0.2) is 10.6 Å². The fraction of sp³-hybridized carbons (Fsp3) is 0.714. The number of carbonyl (C=O) groups is 1. The Morgan fingerprint density at radius 3 is 2.76 bits per heavy atom. The normalized spacial score (nSPS) is 19.0. The number of urea groups is 1. The lowest BCUT2D eigenvalue weighted by Gasteiger charge is -2.42. The Morgan fingerprint density at radius 1 is 1.48 bits per heavy atom. The van der Waals surface area contributed by atoms with Crippen molar-refractivity contribution in [2.45, 2.75) is 32.7 Å². The van der Waals surface area contributed by atoms with Crippen molar-refractivity contribution >= 4 is 11.8 Å². The summed E-state index contributed by atoms with van der Waals surface area (Å²) in [6, 6.07) is 1.41. The van der Waals surface area contributed by atoms with Crippen LogP contribution in [0.5, 0.6) is 0 Å². The number of nitrogens with zero attached hydrogens (tertiary/aromatic N) is 2. The van der Waals surface area contributed by atoms with Gasteiger partial charge in [0.05, 0.1) is 13.2 Å². The summed E-state index contributed by atoms with van der Waals surface area (Å²) in [5.41, 5.74) is -0.0686. The van der Waals surface area contributed by atoms with E-state index in [-0.39, 0.29) is 11.6 Å². The Morgan fingerprint density at radius 2 is 2.19 bits per heavy atom. The molecule has 1 aliphatic heterocycles. The van der Waals surface area contributed by atoms with Crippen molar-refractivity contribution in [3.05, 3.63) is 11.8 Å². The van der Waals surface area contributed by atoms with Crippen molar-refractivity contribution < 1.29 is 14.1 Å². The maximum atomic E-state index is 11.9. The summed E-state index contributed by atoms with van der Waals surface area (Å²) in [7, 11) is 0. The number of hydrogen-bond acceptors (Lipinski definition) is 5. The summed E-state index contributed by atoms with van der Waals surface area (Å²) in [6.07, 6.45) is 0.955. The van der Waals surface area contributed by atoms with Crippen LogP contribution in [0.25, 0.3) is 0 Å². The van der Waals surface area contributed by atoms with E-state index in [1.54, 1.807) is 13.0 Å². The molecule has 2 rings (SSSR count). The van der Waals surface area contributed by atoms with Crippen molar-refractivity contribution in [3.8, 4) is 0 Å². The second-order valence-electron chi connectivity index (χ2n) is 5.58. The van der Waals surface area contributed by atoms with Gasteiger partial charge in [-0.1, -0.05) is 12.1 Å².